The van der Waals surface area contributed by atoms with Crippen LogP contribution in [-0.2, 0) is 14.8 Å². The SMILES string of the molecule is COc1ccc(N(CC(=O)NC[C@@H](C)c2ccccc2)S(C)(=O)=O)cc1OC. The number of hydrogen-bond donors (Lipinski definition) is 1. The average molecular weight is 407 g/mol. The fourth-order valence-corrected chi connectivity index (χ4v) is 3.58. The van der Waals surface area contributed by atoms with Crippen LogP contribution >= 0.6 is 0 Å². The van der Waals surface area contributed by atoms with Gasteiger partial charge in [0.05, 0.1) is 26.2 Å². The maximum atomic E-state index is 12.4. The first-order valence-corrected chi connectivity index (χ1v) is 10.6. The van der Waals surface area contributed by atoms with Crippen molar-refractivity contribution in [2.45, 2.75) is 12.8 Å². The summed E-state index contributed by atoms with van der Waals surface area (Å²) >= 11 is 0. The van der Waals surface area contributed by atoms with E-state index in [1.807, 2.05) is 37.3 Å². The molecule has 1 atom stereocenters. The van der Waals surface area contributed by atoms with Gasteiger partial charge in [-0.2, -0.15) is 0 Å². The molecule has 0 heterocycles. The second-order valence-electron chi connectivity index (χ2n) is 6.42. The molecule has 0 bridgehead atoms. The molecule has 0 aliphatic heterocycles. The minimum atomic E-state index is -3.67. The molecule has 0 aromatic heterocycles. The second kappa shape index (κ2) is 9.45. The van der Waals surface area contributed by atoms with Crippen LogP contribution in [0.15, 0.2) is 48.5 Å². The van der Waals surface area contributed by atoms with Crippen molar-refractivity contribution in [1.82, 2.24) is 5.32 Å². The molecule has 1 N–H and O–H groups in total. The van der Waals surface area contributed by atoms with E-state index in [0.717, 1.165) is 16.1 Å². The zero-order chi connectivity index (χ0) is 20.7. The predicted octanol–water partition coefficient (Wildman–Crippen LogP) is 2.39. The van der Waals surface area contributed by atoms with Gasteiger partial charge >= 0.3 is 0 Å². The van der Waals surface area contributed by atoms with Crippen LogP contribution in [0, 0.1) is 0 Å². The fraction of sp³-hybridized carbons (Fsp3) is 0.350. The lowest BCUT2D eigenvalue weighted by atomic mass is 10.0. The zero-order valence-electron chi connectivity index (χ0n) is 16.5. The van der Waals surface area contributed by atoms with Gasteiger partial charge in [0.25, 0.3) is 0 Å². The summed E-state index contributed by atoms with van der Waals surface area (Å²) in [4.78, 5) is 12.4. The quantitative estimate of drug-likeness (QED) is 0.691. The van der Waals surface area contributed by atoms with Gasteiger partial charge in [-0.25, -0.2) is 8.42 Å². The molecule has 2 rings (SSSR count). The van der Waals surface area contributed by atoms with Gasteiger partial charge in [0, 0.05) is 12.6 Å². The molecule has 0 aliphatic rings. The van der Waals surface area contributed by atoms with Gasteiger partial charge in [0.15, 0.2) is 11.5 Å². The van der Waals surface area contributed by atoms with Gasteiger partial charge in [-0.1, -0.05) is 37.3 Å². The summed E-state index contributed by atoms with van der Waals surface area (Å²) in [6.45, 7) is 2.08. The van der Waals surface area contributed by atoms with E-state index >= 15 is 0 Å². The van der Waals surface area contributed by atoms with E-state index in [0.29, 0.717) is 23.7 Å². The van der Waals surface area contributed by atoms with Crippen molar-refractivity contribution in [2.75, 3.05) is 37.9 Å². The van der Waals surface area contributed by atoms with Crippen molar-refractivity contribution in [3.8, 4) is 11.5 Å². The molecule has 7 nitrogen and oxygen atoms in total. The van der Waals surface area contributed by atoms with Gasteiger partial charge in [-0.05, 0) is 23.6 Å². The van der Waals surface area contributed by atoms with E-state index < -0.39 is 10.0 Å². The molecule has 28 heavy (non-hydrogen) atoms. The first kappa shape index (κ1) is 21.6. The highest BCUT2D eigenvalue weighted by Gasteiger charge is 2.22. The molecular weight excluding hydrogens is 380 g/mol. The summed E-state index contributed by atoms with van der Waals surface area (Å²) in [5, 5.41) is 2.80. The molecule has 2 aromatic rings. The first-order chi connectivity index (χ1) is 13.3. The Balaban J connectivity index is 2.11. The number of hydrogen-bond acceptors (Lipinski definition) is 5. The molecule has 0 aliphatic carbocycles. The average Bonchev–Trinajstić information content (AvgIpc) is 2.69. The van der Waals surface area contributed by atoms with Crippen molar-refractivity contribution in [3.05, 3.63) is 54.1 Å². The van der Waals surface area contributed by atoms with Gasteiger partial charge in [-0.3, -0.25) is 9.10 Å². The van der Waals surface area contributed by atoms with Crippen molar-refractivity contribution >= 4 is 21.6 Å². The van der Waals surface area contributed by atoms with Gasteiger partial charge < -0.3 is 14.8 Å². The van der Waals surface area contributed by atoms with Crippen LogP contribution in [-0.4, -0.2) is 47.9 Å². The monoisotopic (exact) mass is 406 g/mol. The molecule has 0 spiro atoms. The second-order valence-corrected chi connectivity index (χ2v) is 8.33. The molecule has 152 valence electrons. The molecule has 0 radical (unpaired) electrons. The maximum absolute atomic E-state index is 12.4. The van der Waals surface area contributed by atoms with Crippen LogP contribution in [0.3, 0.4) is 0 Å². The minimum absolute atomic E-state index is 0.109. The summed E-state index contributed by atoms with van der Waals surface area (Å²) in [5.74, 6) is 0.577. The lowest BCUT2D eigenvalue weighted by Crippen LogP contribution is -2.41. The summed E-state index contributed by atoms with van der Waals surface area (Å²) in [6.07, 6.45) is 1.06. The predicted molar refractivity (Wildman–Crippen MR) is 110 cm³/mol. The Hall–Kier alpha value is -2.74. The van der Waals surface area contributed by atoms with E-state index in [9.17, 15) is 13.2 Å². The van der Waals surface area contributed by atoms with E-state index in [2.05, 4.69) is 5.32 Å². The third-order valence-corrected chi connectivity index (χ3v) is 5.46. The Bertz CT molecular complexity index is 900. The Morgan fingerprint density at radius 2 is 1.71 bits per heavy atom. The van der Waals surface area contributed by atoms with E-state index in [-0.39, 0.29) is 18.4 Å². The molecule has 0 unspecified atom stereocenters. The number of nitrogens with zero attached hydrogens (tertiary/aromatic N) is 1. The Kier molecular flexibility index (Phi) is 7.28. The topological polar surface area (TPSA) is 84.9 Å². The minimum Gasteiger partial charge on any atom is -0.493 e. The third kappa shape index (κ3) is 5.63. The van der Waals surface area contributed by atoms with Crippen molar-refractivity contribution in [3.63, 3.8) is 0 Å². The normalized spacial score (nSPS) is 12.1. The number of methoxy groups -OCH3 is 2. The number of carbonyl (C=O) groups excluding carboxylic acids is 1. The Morgan fingerprint density at radius 3 is 2.29 bits per heavy atom. The lowest BCUT2D eigenvalue weighted by Gasteiger charge is -2.23. The van der Waals surface area contributed by atoms with Crippen molar-refractivity contribution < 1.29 is 22.7 Å². The highest BCUT2D eigenvalue weighted by molar-refractivity contribution is 7.92. The lowest BCUT2D eigenvalue weighted by molar-refractivity contribution is -0.119. The van der Waals surface area contributed by atoms with Crippen LogP contribution < -0.4 is 19.1 Å². The number of nitrogens with one attached hydrogen (secondary N) is 1. The van der Waals surface area contributed by atoms with Gasteiger partial charge in [-0.15, -0.1) is 0 Å². The Morgan fingerprint density at radius 1 is 1.07 bits per heavy atom. The standard InChI is InChI=1S/C20H26N2O5S/c1-15(16-8-6-5-7-9-16)13-21-20(23)14-22(28(4,24)25)17-10-11-18(26-2)19(12-17)27-3/h5-12,15H,13-14H2,1-4H3,(H,21,23)/t15-/m1/s1. The molecule has 2 aromatic carbocycles. The molecule has 0 saturated heterocycles. The largest absolute Gasteiger partial charge is 0.493 e. The van der Waals surface area contributed by atoms with Crippen LogP contribution in [0.5, 0.6) is 11.5 Å². The molecule has 1 amide bonds. The summed E-state index contributed by atoms with van der Waals surface area (Å²) in [5.41, 5.74) is 1.43. The van der Waals surface area contributed by atoms with Crippen LogP contribution in [0.1, 0.15) is 18.4 Å². The molecular formula is C20H26N2O5S. The van der Waals surface area contributed by atoms with Gasteiger partial charge in [0.2, 0.25) is 15.9 Å². The number of anilines is 1. The highest BCUT2D eigenvalue weighted by atomic mass is 32.2. The number of ether oxygens (including phenoxy) is 2. The first-order valence-electron chi connectivity index (χ1n) is 8.77. The van der Waals surface area contributed by atoms with E-state index in [1.165, 1.54) is 20.3 Å². The smallest absolute Gasteiger partial charge is 0.240 e. The molecule has 8 heteroatoms. The zero-order valence-corrected chi connectivity index (χ0v) is 17.3. The number of rotatable bonds is 9. The fourth-order valence-electron chi connectivity index (χ4n) is 2.73. The van der Waals surface area contributed by atoms with Crippen LogP contribution in [0.2, 0.25) is 0 Å². The summed E-state index contributed by atoms with van der Waals surface area (Å²) < 4.78 is 35.9. The van der Waals surface area contributed by atoms with E-state index in [4.69, 9.17) is 9.47 Å². The third-order valence-electron chi connectivity index (χ3n) is 4.32. The Labute approximate surface area is 166 Å². The number of carbonyl (C=O) groups is 1. The molecule has 0 fully saturated rings. The van der Waals surface area contributed by atoms with Crippen LogP contribution in [0.4, 0.5) is 5.69 Å². The number of sulfonamides is 1. The summed E-state index contributed by atoms with van der Waals surface area (Å²) in [6, 6.07) is 14.5. The highest BCUT2D eigenvalue weighted by Crippen LogP contribution is 2.32. The van der Waals surface area contributed by atoms with E-state index in [1.54, 1.807) is 12.1 Å². The summed E-state index contributed by atoms with van der Waals surface area (Å²) in [7, 11) is -0.717. The number of benzene rings is 2. The number of amides is 1. The van der Waals surface area contributed by atoms with Gasteiger partial charge in [0.1, 0.15) is 6.54 Å². The molecule has 0 saturated carbocycles. The van der Waals surface area contributed by atoms with Crippen molar-refractivity contribution in [2.24, 2.45) is 0 Å². The van der Waals surface area contributed by atoms with Crippen LogP contribution in [0.25, 0.3) is 0 Å². The maximum Gasteiger partial charge on any atom is 0.240 e. The van der Waals surface area contributed by atoms with Crippen molar-refractivity contribution in [1.29, 1.82) is 0 Å².